The summed E-state index contributed by atoms with van der Waals surface area (Å²) >= 11 is 8.06. The van der Waals surface area contributed by atoms with E-state index in [2.05, 4.69) is 4.98 Å². The summed E-state index contributed by atoms with van der Waals surface area (Å²) in [7, 11) is -3.29. The zero-order chi connectivity index (χ0) is 24.4. The normalized spacial score (nSPS) is 11.5. The molecular weight excluding hydrogens is 502 g/mol. The van der Waals surface area contributed by atoms with Gasteiger partial charge < -0.3 is 4.74 Å². The number of sulfone groups is 1. The second kappa shape index (κ2) is 9.65. The van der Waals surface area contributed by atoms with Crippen molar-refractivity contribution in [3.8, 4) is 32.4 Å². The van der Waals surface area contributed by atoms with Gasteiger partial charge in [-0.05, 0) is 60.2 Å². The van der Waals surface area contributed by atoms with Gasteiger partial charge in [-0.25, -0.2) is 13.1 Å². The number of hydrogen-bond acceptors (Lipinski definition) is 6. The van der Waals surface area contributed by atoms with Crippen LogP contribution in [0.2, 0.25) is 5.02 Å². The molecule has 0 amide bonds. The first kappa shape index (κ1) is 23.3. The first-order valence-electron chi connectivity index (χ1n) is 10.7. The van der Waals surface area contributed by atoms with Gasteiger partial charge in [-0.1, -0.05) is 35.9 Å². The van der Waals surface area contributed by atoms with Crippen LogP contribution in [0.25, 0.3) is 26.7 Å². The van der Waals surface area contributed by atoms with E-state index in [9.17, 15) is 8.42 Å². The number of rotatable bonds is 7. The van der Waals surface area contributed by atoms with Crippen LogP contribution >= 0.6 is 22.9 Å². The second-order valence-electron chi connectivity index (χ2n) is 7.83. The van der Waals surface area contributed by atoms with E-state index in [1.54, 1.807) is 41.9 Å². The van der Waals surface area contributed by atoms with Crippen LogP contribution in [0.3, 0.4) is 0 Å². The summed E-state index contributed by atoms with van der Waals surface area (Å²) in [5.41, 5.74) is 3.19. The molecule has 5 aromatic rings. The van der Waals surface area contributed by atoms with Crippen LogP contribution < -0.4 is 4.74 Å². The minimum absolute atomic E-state index is 0.269. The summed E-state index contributed by atoms with van der Waals surface area (Å²) in [6.45, 7) is 0.269. The first-order valence-corrected chi connectivity index (χ1v) is 13.7. The van der Waals surface area contributed by atoms with Crippen molar-refractivity contribution in [1.82, 2.24) is 14.8 Å². The van der Waals surface area contributed by atoms with Gasteiger partial charge in [0.1, 0.15) is 18.1 Å². The maximum absolute atomic E-state index is 12.0. The average Bonchev–Trinajstić information content (AvgIpc) is 3.51. The predicted molar refractivity (Wildman–Crippen MR) is 139 cm³/mol. The number of halogens is 1. The van der Waals surface area contributed by atoms with Crippen molar-refractivity contribution in [2.45, 2.75) is 11.5 Å². The van der Waals surface area contributed by atoms with Crippen LogP contribution in [-0.2, 0) is 16.4 Å². The van der Waals surface area contributed by atoms with Crippen molar-refractivity contribution >= 4 is 32.8 Å². The molecule has 176 valence electrons. The molecular formula is C26H20ClN3O3S2. The Morgan fingerprint density at radius 1 is 0.971 bits per heavy atom. The van der Waals surface area contributed by atoms with Crippen molar-refractivity contribution in [2.75, 3.05) is 6.26 Å². The van der Waals surface area contributed by atoms with Gasteiger partial charge in [-0.3, -0.25) is 4.98 Å². The fraction of sp³-hybridized carbons (Fsp3) is 0.0769. The molecule has 3 aromatic heterocycles. The number of ether oxygens (including phenoxy) is 1. The van der Waals surface area contributed by atoms with Crippen LogP contribution in [0.1, 0.15) is 5.69 Å². The summed E-state index contributed by atoms with van der Waals surface area (Å²) in [6.07, 6.45) is 4.56. The molecule has 0 saturated carbocycles. The molecule has 0 fully saturated rings. The molecule has 0 aliphatic heterocycles. The standard InChI is InChI=1S/C26H20ClN3O3S2/c1-35(31,32)21-8-4-6-18(14-21)25-11-12-26(34-25)24-15-19(17-33-20-7-5-13-28-16-20)29-30(24)23-10-3-2-9-22(23)27/h2-16H,17H2,1H3. The number of hydrogen-bond donors (Lipinski definition) is 0. The average molecular weight is 522 g/mol. The highest BCUT2D eigenvalue weighted by atomic mass is 35.5. The summed E-state index contributed by atoms with van der Waals surface area (Å²) < 4.78 is 31.7. The molecule has 0 N–H and O–H groups in total. The molecule has 3 heterocycles. The molecule has 5 rings (SSSR count). The Labute approximate surface area is 212 Å². The number of benzene rings is 2. The predicted octanol–water partition coefficient (Wildman–Crippen LogP) is 6.30. The van der Waals surface area contributed by atoms with E-state index in [0.717, 1.165) is 32.4 Å². The van der Waals surface area contributed by atoms with Gasteiger partial charge in [0.25, 0.3) is 0 Å². The topological polar surface area (TPSA) is 74.1 Å². The minimum atomic E-state index is -3.29. The number of aromatic nitrogens is 3. The van der Waals surface area contributed by atoms with Crippen molar-refractivity contribution in [2.24, 2.45) is 0 Å². The highest BCUT2D eigenvalue weighted by Crippen LogP contribution is 2.37. The SMILES string of the molecule is CS(=O)(=O)c1cccc(-c2ccc(-c3cc(COc4cccnc4)nn3-c3ccccc3Cl)s2)c1. The van der Waals surface area contributed by atoms with Crippen molar-refractivity contribution in [1.29, 1.82) is 0 Å². The van der Waals surface area contributed by atoms with Crippen LogP contribution in [0, 0.1) is 0 Å². The quantitative estimate of drug-likeness (QED) is 0.251. The molecule has 6 nitrogen and oxygen atoms in total. The maximum Gasteiger partial charge on any atom is 0.175 e. The fourth-order valence-corrected chi connectivity index (χ4v) is 5.47. The summed E-state index contributed by atoms with van der Waals surface area (Å²) in [6, 6.07) is 24.1. The van der Waals surface area contributed by atoms with E-state index >= 15 is 0 Å². The number of nitrogens with zero attached hydrogens (tertiary/aromatic N) is 3. The van der Waals surface area contributed by atoms with Crippen LogP contribution in [0.5, 0.6) is 5.75 Å². The molecule has 2 aromatic carbocycles. The maximum atomic E-state index is 12.0. The Morgan fingerprint density at radius 2 is 1.80 bits per heavy atom. The van der Waals surface area contributed by atoms with Gasteiger partial charge in [0, 0.05) is 17.3 Å². The number of thiophene rings is 1. The third kappa shape index (κ3) is 5.14. The molecule has 0 radical (unpaired) electrons. The molecule has 0 atom stereocenters. The van der Waals surface area contributed by atoms with Gasteiger partial charge >= 0.3 is 0 Å². The van der Waals surface area contributed by atoms with Crippen LogP contribution in [0.15, 0.2) is 96.2 Å². The van der Waals surface area contributed by atoms with E-state index in [1.165, 1.54) is 6.26 Å². The zero-order valence-electron chi connectivity index (χ0n) is 18.6. The van der Waals surface area contributed by atoms with Crippen molar-refractivity contribution < 1.29 is 13.2 Å². The van der Waals surface area contributed by atoms with Crippen molar-refractivity contribution in [3.05, 3.63) is 102 Å². The van der Waals surface area contributed by atoms with Gasteiger partial charge in [0.05, 0.1) is 32.4 Å². The molecule has 0 aliphatic carbocycles. The molecule has 35 heavy (non-hydrogen) atoms. The highest BCUT2D eigenvalue weighted by Gasteiger charge is 2.17. The molecule has 0 spiro atoms. The lowest BCUT2D eigenvalue weighted by molar-refractivity contribution is 0.299. The number of para-hydroxylation sites is 1. The third-order valence-corrected chi connectivity index (χ3v) is 7.85. The van der Waals surface area contributed by atoms with E-state index in [1.807, 2.05) is 65.3 Å². The van der Waals surface area contributed by atoms with Crippen LogP contribution in [0.4, 0.5) is 0 Å². The van der Waals surface area contributed by atoms with E-state index in [4.69, 9.17) is 21.4 Å². The molecule has 0 saturated heterocycles. The Balaban J connectivity index is 1.53. The highest BCUT2D eigenvalue weighted by molar-refractivity contribution is 7.90. The van der Waals surface area contributed by atoms with Gasteiger partial charge in [-0.15, -0.1) is 11.3 Å². The molecule has 9 heteroatoms. The van der Waals surface area contributed by atoms with Gasteiger partial charge in [-0.2, -0.15) is 5.10 Å². The summed E-state index contributed by atoms with van der Waals surface area (Å²) in [4.78, 5) is 6.28. The summed E-state index contributed by atoms with van der Waals surface area (Å²) in [5.74, 6) is 0.658. The first-order chi connectivity index (χ1) is 16.9. The summed E-state index contributed by atoms with van der Waals surface area (Å²) in [5, 5.41) is 5.35. The van der Waals surface area contributed by atoms with Crippen molar-refractivity contribution in [3.63, 3.8) is 0 Å². The number of pyridine rings is 1. The Bertz CT molecular complexity index is 1600. The van der Waals surface area contributed by atoms with Gasteiger partial charge in [0.2, 0.25) is 0 Å². The Kier molecular flexibility index (Phi) is 6.42. The molecule has 0 aliphatic rings. The van der Waals surface area contributed by atoms with E-state index in [-0.39, 0.29) is 6.61 Å². The fourth-order valence-electron chi connectivity index (χ4n) is 3.58. The third-order valence-electron chi connectivity index (χ3n) is 5.27. The molecule has 0 bridgehead atoms. The Morgan fingerprint density at radius 3 is 2.57 bits per heavy atom. The van der Waals surface area contributed by atoms with Crippen LogP contribution in [-0.4, -0.2) is 29.4 Å². The monoisotopic (exact) mass is 521 g/mol. The smallest absolute Gasteiger partial charge is 0.175 e. The lowest BCUT2D eigenvalue weighted by atomic mass is 10.2. The molecule has 0 unspecified atom stereocenters. The lowest BCUT2D eigenvalue weighted by Crippen LogP contribution is -2.01. The lowest BCUT2D eigenvalue weighted by Gasteiger charge is -2.08. The second-order valence-corrected chi connectivity index (χ2v) is 11.3. The minimum Gasteiger partial charge on any atom is -0.486 e. The van der Waals surface area contributed by atoms with E-state index in [0.29, 0.717) is 15.7 Å². The Hall–Kier alpha value is -3.46. The van der Waals surface area contributed by atoms with E-state index < -0.39 is 9.84 Å². The zero-order valence-corrected chi connectivity index (χ0v) is 21.0. The largest absolute Gasteiger partial charge is 0.486 e. The van der Waals surface area contributed by atoms with Gasteiger partial charge in [0.15, 0.2) is 9.84 Å².